The van der Waals surface area contributed by atoms with Crippen molar-refractivity contribution < 1.29 is 9.50 Å². The third-order valence-electron chi connectivity index (χ3n) is 2.62. The highest BCUT2D eigenvalue weighted by Crippen LogP contribution is 2.24. The number of aromatic nitrogens is 3. The quantitative estimate of drug-likeness (QED) is 0.875. The van der Waals surface area contributed by atoms with Crippen LogP contribution in [-0.2, 0) is 19.1 Å². The fourth-order valence-electron chi connectivity index (χ4n) is 1.72. The first-order valence-corrected chi connectivity index (χ1v) is 5.29. The lowest BCUT2D eigenvalue weighted by atomic mass is 9.92. The molecule has 1 atom stereocenters. The standard InChI is InChI=1S/C12H14FN3O/c1-12(17,6-11-3-4-16(2)15-11)9-5-10(13)8-14-7-9/h3-5,7-8,17H,6H2,1-2H3. The summed E-state index contributed by atoms with van der Waals surface area (Å²) < 4.78 is 14.7. The molecule has 1 N–H and O–H groups in total. The number of pyridine rings is 1. The van der Waals surface area contributed by atoms with E-state index in [4.69, 9.17) is 0 Å². The van der Waals surface area contributed by atoms with Crippen LogP contribution < -0.4 is 0 Å². The average Bonchev–Trinajstić information content (AvgIpc) is 2.63. The average molecular weight is 235 g/mol. The molecule has 2 aromatic rings. The molecule has 0 aromatic carbocycles. The first-order valence-electron chi connectivity index (χ1n) is 5.29. The number of aliphatic hydroxyl groups is 1. The summed E-state index contributed by atoms with van der Waals surface area (Å²) in [5.41, 5.74) is 0.0219. The Balaban J connectivity index is 2.24. The van der Waals surface area contributed by atoms with Gasteiger partial charge in [-0.05, 0) is 19.1 Å². The molecular formula is C12H14FN3O. The van der Waals surface area contributed by atoms with Gasteiger partial charge in [0, 0.05) is 31.4 Å². The van der Waals surface area contributed by atoms with Gasteiger partial charge in [-0.1, -0.05) is 0 Å². The largest absolute Gasteiger partial charge is 0.385 e. The molecule has 0 amide bonds. The maximum Gasteiger partial charge on any atom is 0.141 e. The van der Waals surface area contributed by atoms with Crippen molar-refractivity contribution >= 4 is 0 Å². The smallest absolute Gasteiger partial charge is 0.141 e. The van der Waals surface area contributed by atoms with Gasteiger partial charge in [0.05, 0.1) is 17.5 Å². The van der Waals surface area contributed by atoms with Gasteiger partial charge in [0.2, 0.25) is 0 Å². The lowest BCUT2D eigenvalue weighted by Gasteiger charge is -2.22. The molecule has 5 heteroatoms. The highest BCUT2D eigenvalue weighted by Gasteiger charge is 2.25. The molecule has 17 heavy (non-hydrogen) atoms. The Bertz CT molecular complexity index is 522. The molecule has 4 nitrogen and oxygen atoms in total. The summed E-state index contributed by atoms with van der Waals surface area (Å²) in [5, 5.41) is 14.5. The van der Waals surface area contributed by atoms with Crippen molar-refractivity contribution in [1.29, 1.82) is 0 Å². The number of hydrogen-bond donors (Lipinski definition) is 1. The van der Waals surface area contributed by atoms with Crippen LogP contribution in [0.15, 0.2) is 30.7 Å². The summed E-state index contributed by atoms with van der Waals surface area (Å²) in [4.78, 5) is 3.74. The molecule has 0 saturated carbocycles. The molecule has 0 spiro atoms. The van der Waals surface area contributed by atoms with Crippen LogP contribution in [0.1, 0.15) is 18.2 Å². The van der Waals surface area contributed by atoms with Gasteiger partial charge in [-0.2, -0.15) is 5.10 Å². The molecule has 0 aliphatic heterocycles. The molecule has 0 saturated heterocycles. The van der Waals surface area contributed by atoms with Crippen LogP contribution in [0.2, 0.25) is 0 Å². The van der Waals surface area contributed by atoms with Crippen molar-refractivity contribution in [3.8, 4) is 0 Å². The second kappa shape index (κ2) is 4.25. The monoisotopic (exact) mass is 235 g/mol. The van der Waals surface area contributed by atoms with E-state index in [1.54, 1.807) is 17.8 Å². The molecule has 90 valence electrons. The fraction of sp³-hybridized carbons (Fsp3) is 0.333. The zero-order chi connectivity index (χ0) is 12.5. The van der Waals surface area contributed by atoms with Gasteiger partial charge in [-0.15, -0.1) is 0 Å². The second-order valence-corrected chi connectivity index (χ2v) is 4.32. The Morgan fingerprint density at radius 2 is 2.24 bits per heavy atom. The zero-order valence-electron chi connectivity index (χ0n) is 9.76. The Kier molecular flexibility index (Phi) is 2.93. The van der Waals surface area contributed by atoms with E-state index in [1.807, 2.05) is 13.1 Å². The number of rotatable bonds is 3. The highest BCUT2D eigenvalue weighted by atomic mass is 19.1. The van der Waals surface area contributed by atoms with Gasteiger partial charge in [-0.3, -0.25) is 9.67 Å². The number of nitrogens with zero attached hydrogens (tertiary/aromatic N) is 3. The molecule has 0 aliphatic carbocycles. The van der Waals surface area contributed by atoms with Crippen LogP contribution in [-0.4, -0.2) is 19.9 Å². The summed E-state index contributed by atoms with van der Waals surface area (Å²) in [6.07, 6.45) is 4.70. The van der Waals surface area contributed by atoms with Crippen molar-refractivity contribution in [3.63, 3.8) is 0 Å². The topological polar surface area (TPSA) is 50.9 Å². The van der Waals surface area contributed by atoms with Crippen molar-refractivity contribution in [2.24, 2.45) is 7.05 Å². The summed E-state index contributed by atoms with van der Waals surface area (Å²) in [7, 11) is 1.81. The summed E-state index contributed by atoms with van der Waals surface area (Å²) in [5.74, 6) is -0.455. The summed E-state index contributed by atoms with van der Waals surface area (Å²) >= 11 is 0. The molecule has 1 unspecified atom stereocenters. The molecule has 0 fully saturated rings. The molecule has 0 radical (unpaired) electrons. The Labute approximate surface area is 98.7 Å². The van der Waals surface area contributed by atoms with Crippen molar-refractivity contribution in [2.75, 3.05) is 0 Å². The van der Waals surface area contributed by atoms with Crippen molar-refractivity contribution in [2.45, 2.75) is 18.9 Å². The minimum absolute atomic E-state index is 0.318. The summed E-state index contributed by atoms with van der Waals surface area (Å²) in [6.45, 7) is 1.62. The third kappa shape index (κ3) is 2.68. The molecule has 0 bridgehead atoms. The van der Waals surface area contributed by atoms with Gasteiger partial charge >= 0.3 is 0 Å². The summed E-state index contributed by atoms with van der Waals surface area (Å²) in [6, 6.07) is 3.11. The van der Waals surface area contributed by atoms with Crippen molar-refractivity contribution in [1.82, 2.24) is 14.8 Å². The predicted molar refractivity (Wildman–Crippen MR) is 60.7 cm³/mol. The van der Waals surface area contributed by atoms with E-state index < -0.39 is 11.4 Å². The predicted octanol–water partition coefficient (Wildman–Crippen LogP) is 1.40. The van der Waals surface area contributed by atoms with Crippen LogP contribution in [0.4, 0.5) is 4.39 Å². The minimum atomic E-state index is -1.18. The molecule has 0 aliphatic rings. The van der Waals surface area contributed by atoms with Crippen LogP contribution in [0.3, 0.4) is 0 Å². The van der Waals surface area contributed by atoms with Gasteiger partial charge in [0.15, 0.2) is 0 Å². The van der Waals surface area contributed by atoms with Gasteiger partial charge in [0.25, 0.3) is 0 Å². The Morgan fingerprint density at radius 3 is 2.82 bits per heavy atom. The number of halogens is 1. The maximum absolute atomic E-state index is 13.0. The second-order valence-electron chi connectivity index (χ2n) is 4.32. The van der Waals surface area contributed by atoms with Crippen LogP contribution in [0.5, 0.6) is 0 Å². The van der Waals surface area contributed by atoms with Gasteiger partial charge in [-0.25, -0.2) is 4.39 Å². The highest BCUT2D eigenvalue weighted by molar-refractivity contribution is 5.20. The fourth-order valence-corrected chi connectivity index (χ4v) is 1.72. The van der Waals surface area contributed by atoms with E-state index in [1.165, 1.54) is 12.3 Å². The molecule has 2 heterocycles. The zero-order valence-corrected chi connectivity index (χ0v) is 9.76. The van der Waals surface area contributed by atoms with Gasteiger partial charge in [0.1, 0.15) is 5.82 Å². The number of aryl methyl sites for hydroxylation is 1. The van der Waals surface area contributed by atoms with Crippen LogP contribution in [0, 0.1) is 5.82 Å². The first kappa shape index (κ1) is 11.7. The normalized spacial score (nSPS) is 14.6. The SMILES string of the molecule is Cn1ccc(CC(C)(O)c2cncc(F)c2)n1. The maximum atomic E-state index is 13.0. The Hall–Kier alpha value is -1.75. The first-order chi connectivity index (χ1) is 7.97. The van der Waals surface area contributed by atoms with Gasteiger partial charge < -0.3 is 5.11 Å². The van der Waals surface area contributed by atoms with E-state index in [9.17, 15) is 9.50 Å². The van der Waals surface area contributed by atoms with Crippen LogP contribution >= 0.6 is 0 Å². The minimum Gasteiger partial charge on any atom is -0.385 e. The molecule has 2 aromatic heterocycles. The number of hydrogen-bond acceptors (Lipinski definition) is 3. The van der Waals surface area contributed by atoms with E-state index >= 15 is 0 Å². The van der Waals surface area contributed by atoms with E-state index in [2.05, 4.69) is 10.1 Å². The van der Waals surface area contributed by atoms with E-state index in [0.717, 1.165) is 11.9 Å². The lowest BCUT2D eigenvalue weighted by molar-refractivity contribution is 0.0557. The van der Waals surface area contributed by atoms with Crippen molar-refractivity contribution in [3.05, 3.63) is 47.8 Å². The van der Waals surface area contributed by atoms with E-state index in [0.29, 0.717) is 12.0 Å². The Morgan fingerprint density at radius 1 is 1.47 bits per heavy atom. The molecule has 2 rings (SSSR count). The van der Waals surface area contributed by atoms with Crippen LogP contribution in [0.25, 0.3) is 0 Å². The van der Waals surface area contributed by atoms with E-state index in [-0.39, 0.29) is 0 Å². The third-order valence-corrected chi connectivity index (χ3v) is 2.62. The molecular weight excluding hydrogens is 221 g/mol. The lowest BCUT2D eigenvalue weighted by Crippen LogP contribution is -2.25.